The predicted octanol–water partition coefficient (Wildman–Crippen LogP) is 2.70. The summed E-state index contributed by atoms with van der Waals surface area (Å²) in [5.41, 5.74) is 15.1. The molecule has 122 valence electrons. The maximum absolute atomic E-state index is 11.7. The maximum Gasteiger partial charge on any atom is 0.260 e. The Morgan fingerprint density at radius 3 is 2.52 bits per heavy atom. The molecule has 2 aromatic rings. The van der Waals surface area contributed by atoms with Gasteiger partial charge in [-0.05, 0) is 42.2 Å². The van der Waals surface area contributed by atoms with Crippen LogP contribution in [0.3, 0.4) is 0 Å². The Bertz CT molecular complexity index is 818. The van der Waals surface area contributed by atoms with Crippen molar-refractivity contribution in [3.63, 3.8) is 0 Å². The van der Waals surface area contributed by atoms with Crippen LogP contribution in [0, 0.1) is 5.41 Å². The summed E-state index contributed by atoms with van der Waals surface area (Å²) >= 11 is 1.33. The number of hydrogen-bond acceptors (Lipinski definition) is 5. The molecule has 2 aliphatic rings. The smallest absolute Gasteiger partial charge is 0.260 e. The van der Waals surface area contributed by atoms with Gasteiger partial charge < -0.3 is 16.4 Å². The van der Waals surface area contributed by atoms with Crippen molar-refractivity contribution >= 4 is 39.0 Å². The number of hydrogen-bond donors (Lipinski definition) is 2. The Hall–Kier alpha value is -1.82. The van der Waals surface area contributed by atoms with Crippen LogP contribution in [-0.2, 0) is 12.8 Å². The average molecular weight is 330 g/mol. The van der Waals surface area contributed by atoms with Crippen LogP contribution in [-0.4, -0.2) is 24.0 Å². The fourth-order valence-electron chi connectivity index (χ4n) is 4.03. The van der Waals surface area contributed by atoms with Crippen molar-refractivity contribution in [2.75, 3.05) is 23.7 Å². The van der Waals surface area contributed by atoms with Crippen molar-refractivity contribution in [3.8, 4) is 0 Å². The van der Waals surface area contributed by atoms with Gasteiger partial charge in [-0.3, -0.25) is 4.79 Å². The zero-order valence-corrected chi connectivity index (χ0v) is 14.4. The molecule has 4 N–H and O–H groups in total. The fraction of sp³-hybridized carbons (Fsp3) is 0.529. The highest BCUT2D eigenvalue weighted by Crippen LogP contribution is 2.47. The minimum Gasteiger partial charge on any atom is -0.397 e. The number of amides is 1. The first-order valence-corrected chi connectivity index (χ1v) is 8.97. The van der Waals surface area contributed by atoms with Crippen LogP contribution in [0.1, 0.15) is 47.5 Å². The monoisotopic (exact) mass is 330 g/mol. The molecule has 5 nitrogen and oxygen atoms in total. The van der Waals surface area contributed by atoms with Crippen LogP contribution in [0.2, 0.25) is 0 Å². The first-order chi connectivity index (χ1) is 10.9. The second-order valence-corrected chi connectivity index (χ2v) is 8.49. The fourth-order valence-corrected chi connectivity index (χ4v) is 5.00. The number of aromatic nitrogens is 1. The molecule has 0 bridgehead atoms. The molecule has 1 aliphatic carbocycles. The molecule has 0 spiro atoms. The lowest BCUT2D eigenvalue weighted by Gasteiger charge is -2.21. The zero-order chi connectivity index (χ0) is 16.4. The third-order valence-electron chi connectivity index (χ3n) is 5.01. The third-order valence-corrected chi connectivity index (χ3v) is 6.12. The van der Waals surface area contributed by atoms with Gasteiger partial charge in [-0.25, -0.2) is 4.98 Å². The van der Waals surface area contributed by atoms with E-state index in [1.807, 2.05) is 0 Å². The summed E-state index contributed by atoms with van der Waals surface area (Å²) in [6.45, 7) is 6.69. The number of nitrogen functional groups attached to an aromatic ring is 1. The van der Waals surface area contributed by atoms with E-state index in [0.717, 1.165) is 42.0 Å². The summed E-state index contributed by atoms with van der Waals surface area (Å²) in [4.78, 5) is 20.3. The number of carbonyl (C=O) groups excluding carboxylic acids is 1. The lowest BCUT2D eigenvalue weighted by molar-refractivity contribution is 0.100. The highest BCUT2D eigenvalue weighted by Gasteiger charge is 2.36. The van der Waals surface area contributed by atoms with Crippen molar-refractivity contribution in [2.45, 2.75) is 39.5 Å². The summed E-state index contributed by atoms with van der Waals surface area (Å²) < 4.78 is 0. The Balaban J connectivity index is 2.00. The number of pyridine rings is 1. The van der Waals surface area contributed by atoms with Crippen molar-refractivity contribution < 1.29 is 4.79 Å². The second kappa shape index (κ2) is 4.84. The minimum atomic E-state index is -0.459. The molecule has 0 atom stereocenters. The Labute approximate surface area is 139 Å². The predicted molar refractivity (Wildman–Crippen MR) is 95.2 cm³/mol. The van der Waals surface area contributed by atoms with Crippen LogP contribution >= 0.6 is 11.3 Å². The van der Waals surface area contributed by atoms with Crippen molar-refractivity contribution in [2.24, 2.45) is 11.1 Å². The van der Waals surface area contributed by atoms with E-state index >= 15 is 0 Å². The van der Waals surface area contributed by atoms with Crippen molar-refractivity contribution in [1.82, 2.24) is 4.98 Å². The number of anilines is 2. The Kier molecular flexibility index (Phi) is 3.10. The molecule has 4 rings (SSSR count). The van der Waals surface area contributed by atoms with Gasteiger partial charge in [0.15, 0.2) is 0 Å². The molecule has 1 amide bonds. The maximum atomic E-state index is 11.7. The Morgan fingerprint density at radius 1 is 1.22 bits per heavy atom. The number of nitrogens with two attached hydrogens (primary N) is 2. The number of rotatable bonds is 2. The van der Waals surface area contributed by atoms with Crippen molar-refractivity contribution in [1.29, 1.82) is 0 Å². The Morgan fingerprint density at radius 2 is 1.87 bits per heavy atom. The minimum absolute atomic E-state index is 0.202. The number of thiophene rings is 1. The van der Waals surface area contributed by atoms with Gasteiger partial charge in [-0.15, -0.1) is 11.3 Å². The first kappa shape index (κ1) is 14.8. The SMILES string of the molecule is CC1(C)Cc2c(N3CCCC3)nc3sc(C(N)=O)c(N)c3c2C1. The van der Waals surface area contributed by atoms with Crippen LogP contribution in [0.5, 0.6) is 0 Å². The number of fused-ring (bicyclic) bond motifs is 3. The van der Waals surface area contributed by atoms with Crippen LogP contribution in [0.15, 0.2) is 0 Å². The van der Waals surface area contributed by atoms with Gasteiger partial charge in [0.1, 0.15) is 15.5 Å². The molecule has 6 heteroatoms. The highest BCUT2D eigenvalue weighted by atomic mass is 32.1. The lowest BCUT2D eigenvalue weighted by Crippen LogP contribution is -2.21. The quantitative estimate of drug-likeness (QED) is 0.886. The second-order valence-electron chi connectivity index (χ2n) is 7.49. The van der Waals surface area contributed by atoms with Gasteiger partial charge in [-0.1, -0.05) is 13.8 Å². The number of nitrogens with zero attached hydrogens (tertiary/aromatic N) is 2. The average Bonchev–Trinajstić information content (AvgIpc) is 3.14. The molecule has 1 fully saturated rings. The van der Waals surface area contributed by atoms with Gasteiger partial charge in [0, 0.05) is 18.5 Å². The first-order valence-electron chi connectivity index (χ1n) is 8.16. The third kappa shape index (κ3) is 2.19. The highest BCUT2D eigenvalue weighted by molar-refractivity contribution is 7.21. The molecule has 0 unspecified atom stereocenters. The molecule has 3 heterocycles. The van der Waals surface area contributed by atoms with Crippen LogP contribution in [0.4, 0.5) is 11.5 Å². The molecule has 0 radical (unpaired) electrons. The van der Waals surface area contributed by atoms with Crippen molar-refractivity contribution in [3.05, 3.63) is 16.0 Å². The van der Waals surface area contributed by atoms with Gasteiger partial charge in [0.05, 0.1) is 5.69 Å². The van der Waals surface area contributed by atoms with Gasteiger partial charge in [0.2, 0.25) is 0 Å². The molecule has 0 aromatic carbocycles. The molecule has 23 heavy (non-hydrogen) atoms. The topological polar surface area (TPSA) is 85.2 Å². The van der Waals surface area contributed by atoms with Gasteiger partial charge in [-0.2, -0.15) is 0 Å². The van der Waals surface area contributed by atoms with Crippen LogP contribution < -0.4 is 16.4 Å². The number of primary amides is 1. The summed E-state index contributed by atoms with van der Waals surface area (Å²) in [5.74, 6) is 0.645. The summed E-state index contributed by atoms with van der Waals surface area (Å²) in [7, 11) is 0. The molecule has 1 aliphatic heterocycles. The molecule has 1 saturated heterocycles. The van der Waals surface area contributed by atoms with E-state index in [-0.39, 0.29) is 5.41 Å². The lowest BCUT2D eigenvalue weighted by atomic mass is 9.90. The summed E-state index contributed by atoms with van der Waals surface area (Å²) in [6, 6.07) is 0. The zero-order valence-electron chi connectivity index (χ0n) is 13.6. The van der Waals surface area contributed by atoms with E-state index in [1.165, 1.54) is 35.3 Å². The number of carbonyl (C=O) groups is 1. The van der Waals surface area contributed by atoms with E-state index in [9.17, 15) is 4.79 Å². The van der Waals surface area contributed by atoms with Crippen LogP contribution in [0.25, 0.3) is 10.2 Å². The molecular weight excluding hydrogens is 308 g/mol. The summed E-state index contributed by atoms with van der Waals surface area (Å²) in [6.07, 6.45) is 4.42. The summed E-state index contributed by atoms with van der Waals surface area (Å²) in [5, 5.41) is 0.965. The van der Waals surface area contributed by atoms with E-state index in [1.54, 1.807) is 0 Å². The standard InChI is InChI=1S/C17H22N4OS/c1-17(2)7-9-10(8-17)15(21-5-3-4-6-21)20-16-11(9)12(18)13(23-16)14(19)22/h3-8,18H2,1-2H3,(H2,19,22). The molecule has 0 saturated carbocycles. The van der Waals surface area contributed by atoms with E-state index in [2.05, 4.69) is 18.7 Å². The van der Waals surface area contributed by atoms with Gasteiger partial charge in [0.25, 0.3) is 5.91 Å². The van der Waals surface area contributed by atoms with Gasteiger partial charge >= 0.3 is 0 Å². The molecule has 2 aromatic heterocycles. The molecular formula is C17H22N4OS. The van der Waals surface area contributed by atoms with E-state index in [0.29, 0.717) is 10.6 Å². The van der Waals surface area contributed by atoms with E-state index in [4.69, 9.17) is 16.5 Å². The van der Waals surface area contributed by atoms with E-state index < -0.39 is 5.91 Å². The normalized spacial score (nSPS) is 19.5. The largest absolute Gasteiger partial charge is 0.397 e.